The molecule has 0 bridgehead atoms. The van der Waals surface area contributed by atoms with Crippen molar-refractivity contribution in [2.45, 2.75) is 133 Å². The molecule has 0 amide bonds. The summed E-state index contributed by atoms with van der Waals surface area (Å²) in [4.78, 5) is 51.5. The summed E-state index contributed by atoms with van der Waals surface area (Å²) in [5.74, 6) is 1.26. The van der Waals surface area contributed by atoms with Crippen molar-refractivity contribution in [2.24, 2.45) is 66.9 Å². The molecule has 8 atom stereocenters. The van der Waals surface area contributed by atoms with Crippen molar-refractivity contribution in [3.8, 4) is 6.07 Å². The highest BCUT2D eigenvalue weighted by atomic mass is 16.5. The maximum Gasteiger partial charge on any atom is 0.309 e. The third-order valence-corrected chi connectivity index (χ3v) is 17.0. The first-order chi connectivity index (χ1) is 27.7. The van der Waals surface area contributed by atoms with Crippen LogP contribution in [0.3, 0.4) is 0 Å². The van der Waals surface area contributed by atoms with Crippen LogP contribution in [0.15, 0.2) is 46.3 Å². The first-order valence-corrected chi connectivity index (χ1v) is 22.2. The normalized spacial score (nSPS) is 35.2. The number of rotatable bonds is 11. The summed E-state index contributed by atoms with van der Waals surface area (Å²) < 4.78 is 6.46. The van der Waals surface area contributed by atoms with E-state index in [1.165, 1.54) is 5.57 Å². The number of ether oxygens (including phenoxy) is 1. The number of hydrogen-bond acceptors (Lipinski definition) is 9. The fourth-order valence-electron chi connectivity index (χ4n) is 14.1. The lowest BCUT2D eigenvalue weighted by molar-refractivity contribution is -0.232. The smallest absolute Gasteiger partial charge is 0.309 e. The Labute approximate surface area is 351 Å². The number of amidine groups is 1. The molecule has 4 saturated carbocycles. The molecule has 10 heteroatoms. The molecule has 318 valence electrons. The number of nitrogens with zero attached hydrogens (tertiary/aromatic N) is 4. The number of carboxylic acid groups (broad SMARTS) is 1. The number of aliphatic imine (C=N–C) groups is 1. The van der Waals surface area contributed by atoms with E-state index in [9.17, 15) is 24.8 Å². The van der Waals surface area contributed by atoms with Gasteiger partial charge in [0, 0.05) is 32.1 Å². The second-order valence-electron chi connectivity index (χ2n) is 21.2. The third-order valence-electron chi connectivity index (χ3n) is 17.0. The molecule has 8 unspecified atom stereocenters. The summed E-state index contributed by atoms with van der Waals surface area (Å²) in [6, 6.07) is 5.83. The van der Waals surface area contributed by atoms with E-state index in [1.807, 2.05) is 12.1 Å². The second kappa shape index (κ2) is 15.2. The Hall–Kier alpha value is -3.90. The summed E-state index contributed by atoms with van der Waals surface area (Å²) in [5.41, 5.74) is 12.4. The van der Waals surface area contributed by atoms with Gasteiger partial charge in [-0.25, -0.2) is 0 Å². The van der Waals surface area contributed by atoms with E-state index in [-0.39, 0.29) is 64.2 Å². The van der Waals surface area contributed by atoms with Gasteiger partial charge in [-0.15, -0.1) is 0 Å². The highest BCUT2D eigenvalue weighted by Gasteiger charge is 2.71. The standard InChI is InChI=1S/C49H67N5O5/c1-30(2)40-36(56)26-49(42-52-23-10-11-35(54(42)24-22-50)34-14-12-31(27-51)28-53-34)21-20-47(8)33(41(40)49)13-15-38-46(7)18-17-39(45(5,6)37(46)16-19-48(38,47)9)59-29-32(55)25-44(3,4)43(57)58/h10,12,14,28,30,33,37-39H,13,15-26,29,50H2,1-9H3,(H,57,58). The van der Waals surface area contributed by atoms with Crippen molar-refractivity contribution in [1.29, 1.82) is 5.26 Å². The number of hydrogen-bond donors (Lipinski definition) is 2. The van der Waals surface area contributed by atoms with E-state index in [0.29, 0.717) is 49.1 Å². The molecule has 7 rings (SSSR count). The minimum absolute atomic E-state index is 0.0378. The van der Waals surface area contributed by atoms with Gasteiger partial charge >= 0.3 is 5.97 Å². The van der Waals surface area contributed by atoms with Crippen LogP contribution in [0, 0.1) is 67.5 Å². The van der Waals surface area contributed by atoms with Gasteiger partial charge in [-0.3, -0.25) is 24.4 Å². The molecule has 6 aliphatic rings. The molecule has 1 aliphatic heterocycles. The Bertz CT molecular complexity index is 2070. The molecule has 10 nitrogen and oxygen atoms in total. The molecule has 5 aliphatic carbocycles. The number of carbonyl (C=O) groups excluding carboxylic acids is 2. The largest absolute Gasteiger partial charge is 0.481 e. The Balaban J connectivity index is 1.21. The predicted molar refractivity (Wildman–Crippen MR) is 229 cm³/mol. The average Bonchev–Trinajstić information content (AvgIpc) is 3.32. The van der Waals surface area contributed by atoms with Gasteiger partial charge in [0.25, 0.3) is 0 Å². The topological polar surface area (TPSA) is 159 Å². The van der Waals surface area contributed by atoms with Crippen molar-refractivity contribution in [3.63, 3.8) is 0 Å². The number of nitriles is 1. The quantitative estimate of drug-likeness (QED) is 0.209. The fourth-order valence-corrected chi connectivity index (χ4v) is 14.1. The van der Waals surface area contributed by atoms with Crippen LogP contribution in [-0.4, -0.2) is 70.7 Å². The number of carbonyl (C=O) groups is 3. The van der Waals surface area contributed by atoms with Crippen LogP contribution >= 0.6 is 0 Å². The van der Waals surface area contributed by atoms with Crippen LogP contribution in [-0.2, 0) is 19.1 Å². The summed E-state index contributed by atoms with van der Waals surface area (Å²) in [7, 11) is 0. The van der Waals surface area contributed by atoms with Gasteiger partial charge in [-0.2, -0.15) is 5.26 Å². The third kappa shape index (κ3) is 6.70. The van der Waals surface area contributed by atoms with Gasteiger partial charge in [0.15, 0.2) is 11.6 Å². The molecule has 0 radical (unpaired) electrons. The van der Waals surface area contributed by atoms with Crippen LogP contribution < -0.4 is 5.73 Å². The Morgan fingerprint density at radius 3 is 2.44 bits per heavy atom. The van der Waals surface area contributed by atoms with E-state index in [0.717, 1.165) is 68.5 Å². The summed E-state index contributed by atoms with van der Waals surface area (Å²) in [5, 5.41) is 19.1. The summed E-state index contributed by atoms with van der Waals surface area (Å²) in [6.07, 6.45) is 11.9. The monoisotopic (exact) mass is 806 g/mol. The Morgan fingerprint density at radius 1 is 1.05 bits per heavy atom. The van der Waals surface area contributed by atoms with E-state index in [4.69, 9.17) is 15.5 Å². The zero-order valence-corrected chi connectivity index (χ0v) is 37.0. The maximum absolute atomic E-state index is 14.6. The van der Waals surface area contributed by atoms with Crippen molar-refractivity contribution in [2.75, 3.05) is 26.2 Å². The second-order valence-corrected chi connectivity index (χ2v) is 21.2. The van der Waals surface area contributed by atoms with E-state index < -0.39 is 16.8 Å². The zero-order valence-electron chi connectivity index (χ0n) is 37.0. The van der Waals surface area contributed by atoms with E-state index in [2.05, 4.69) is 70.2 Å². The van der Waals surface area contributed by atoms with Crippen LogP contribution in [0.4, 0.5) is 0 Å². The van der Waals surface area contributed by atoms with Crippen LogP contribution in [0.1, 0.15) is 138 Å². The average molecular weight is 806 g/mol. The molecular weight excluding hydrogens is 739 g/mol. The van der Waals surface area contributed by atoms with Crippen LogP contribution in [0.2, 0.25) is 0 Å². The highest BCUT2D eigenvalue weighted by Crippen LogP contribution is 2.77. The van der Waals surface area contributed by atoms with Gasteiger partial charge < -0.3 is 20.5 Å². The molecule has 2 heterocycles. The van der Waals surface area contributed by atoms with Gasteiger partial charge in [-0.05, 0) is 140 Å². The lowest BCUT2D eigenvalue weighted by Gasteiger charge is -2.72. The van der Waals surface area contributed by atoms with Crippen molar-refractivity contribution < 1.29 is 24.2 Å². The van der Waals surface area contributed by atoms with Crippen LogP contribution in [0.25, 0.3) is 5.70 Å². The first-order valence-electron chi connectivity index (χ1n) is 22.2. The fraction of sp³-hybridized carbons (Fsp3) is 0.694. The molecule has 1 aromatic heterocycles. The molecule has 4 fully saturated rings. The lowest BCUT2D eigenvalue weighted by atomic mass is 9.33. The molecule has 0 spiro atoms. The van der Waals surface area contributed by atoms with Gasteiger partial charge in [0.05, 0.1) is 34.7 Å². The molecule has 1 aromatic rings. The molecule has 59 heavy (non-hydrogen) atoms. The first kappa shape index (κ1) is 43.2. The number of fused-ring (bicyclic) bond motifs is 7. The molecule has 0 saturated heterocycles. The van der Waals surface area contributed by atoms with E-state index >= 15 is 0 Å². The molecular formula is C49H67N5O5. The maximum atomic E-state index is 14.6. The molecule has 3 N–H and O–H groups in total. The number of carboxylic acids is 1. The number of aliphatic carboxylic acids is 1. The molecule has 0 aromatic carbocycles. The summed E-state index contributed by atoms with van der Waals surface area (Å²) >= 11 is 0. The Kier molecular flexibility index (Phi) is 11.1. The number of nitrogens with two attached hydrogens (primary N) is 1. The van der Waals surface area contributed by atoms with Crippen LogP contribution in [0.5, 0.6) is 0 Å². The number of aromatic nitrogens is 1. The van der Waals surface area contributed by atoms with Crippen molar-refractivity contribution in [3.05, 3.63) is 52.5 Å². The summed E-state index contributed by atoms with van der Waals surface area (Å²) in [6.45, 7) is 21.3. The lowest BCUT2D eigenvalue weighted by Crippen LogP contribution is -2.66. The SMILES string of the molecule is CC(C)C1=C2C3CCC4C5(C)CCC(OCC(=O)CC(C)(C)C(=O)O)C(C)(C)C5CCC4(C)C3(C)CCC2(C2=NCC=C=C(c3ccc(C#N)cn3)N2CCN)CC1=O. The van der Waals surface area contributed by atoms with Gasteiger partial charge in [-0.1, -0.05) is 54.2 Å². The van der Waals surface area contributed by atoms with Crippen molar-refractivity contribution >= 4 is 29.1 Å². The highest BCUT2D eigenvalue weighted by molar-refractivity contribution is 6.09. The predicted octanol–water partition coefficient (Wildman–Crippen LogP) is 8.56. The number of ketones is 2. The van der Waals surface area contributed by atoms with Crippen molar-refractivity contribution in [1.82, 2.24) is 9.88 Å². The van der Waals surface area contributed by atoms with Gasteiger partial charge in [0.2, 0.25) is 0 Å². The minimum Gasteiger partial charge on any atom is -0.481 e. The number of allylic oxidation sites excluding steroid dienone is 1. The number of Topliss-reactive ketones (excluding diaryl/α,β-unsaturated/α-hetero) is 2. The minimum atomic E-state index is -1.12. The van der Waals surface area contributed by atoms with Gasteiger partial charge in [0.1, 0.15) is 24.2 Å². The number of pyridine rings is 1. The zero-order chi connectivity index (χ0) is 42.9. The Morgan fingerprint density at radius 2 is 1.80 bits per heavy atom. The van der Waals surface area contributed by atoms with E-state index in [1.54, 1.807) is 26.1 Å².